The SMILES string of the molecule is CCN1CC[C@]2(CN(C(=O)N(C)C)CC23CCN(C(=O)C2CCOCC2)CC3)C1=O. The molecule has 4 fully saturated rings. The van der Waals surface area contributed by atoms with Crippen molar-refractivity contribution in [2.75, 3.05) is 66.6 Å². The monoisotopic (exact) mass is 420 g/mol. The summed E-state index contributed by atoms with van der Waals surface area (Å²) in [5.74, 6) is 0.526. The van der Waals surface area contributed by atoms with E-state index in [4.69, 9.17) is 4.74 Å². The van der Waals surface area contributed by atoms with E-state index < -0.39 is 5.41 Å². The number of amides is 4. The fraction of sp³-hybridized carbons (Fsp3) is 0.864. The van der Waals surface area contributed by atoms with Crippen molar-refractivity contribution < 1.29 is 19.1 Å². The highest BCUT2D eigenvalue weighted by Gasteiger charge is 2.66. The summed E-state index contributed by atoms with van der Waals surface area (Å²) in [6.45, 7) is 7.33. The average molecular weight is 421 g/mol. The van der Waals surface area contributed by atoms with E-state index in [0.717, 1.165) is 38.6 Å². The van der Waals surface area contributed by atoms with Gasteiger partial charge in [0.15, 0.2) is 0 Å². The van der Waals surface area contributed by atoms with Gasteiger partial charge in [-0.15, -0.1) is 0 Å². The lowest BCUT2D eigenvalue weighted by atomic mass is 9.60. The molecule has 4 saturated heterocycles. The quantitative estimate of drug-likeness (QED) is 0.674. The Morgan fingerprint density at radius 1 is 1.03 bits per heavy atom. The molecule has 8 nitrogen and oxygen atoms in total. The Kier molecular flexibility index (Phi) is 5.72. The van der Waals surface area contributed by atoms with E-state index >= 15 is 0 Å². The zero-order valence-corrected chi connectivity index (χ0v) is 18.7. The normalized spacial score (nSPS) is 29.3. The molecule has 0 bridgehead atoms. The predicted molar refractivity (Wildman–Crippen MR) is 112 cm³/mol. The first-order chi connectivity index (χ1) is 14.3. The van der Waals surface area contributed by atoms with Crippen molar-refractivity contribution >= 4 is 17.8 Å². The second-order valence-electron chi connectivity index (χ2n) is 9.74. The lowest BCUT2D eigenvalue weighted by molar-refractivity contribution is -0.146. The van der Waals surface area contributed by atoms with Crippen LogP contribution in [0.4, 0.5) is 4.79 Å². The van der Waals surface area contributed by atoms with Gasteiger partial charge in [0.05, 0.1) is 5.41 Å². The van der Waals surface area contributed by atoms with Crippen LogP contribution in [0.3, 0.4) is 0 Å². The van der Waals surface area contributed by atoms with Crippen molar-refractivity contribution in [1.29, 1.82) is 0 Å². The van der Waals surface area contributed by atoms with Gasteiger partial charge in [-0.3, -0.25) is 9.59 Å². The number of carbonyl (C=O) groups is 3. The van der Waals surface area contributed by atoms with Gasteiger partial charge in [-0.1, -0.05) is 0 Å². The van der Waals surface area contributed by atoms with Crippen LogP contribution in [0.2, 0.25) is 0 Å². The van der Waals surface area contributed by atoms with E-state index in [1.807, 2.05) is 21.6 Å². The molecule has 0 radical (unpaired) electrons. The van der Waals surface area contributed by atoms with Crippen LogP contribution in [0, 0.1) is 16.7 Å². The van der Waals surface area contributed by atoms with Crippen LogP contribution in [-0.2, 0) is 14.3 Å². The minimum absolute atomic E-state index is 0.0188. The Morgan fingerprint density at radius 3 is 2.27 bits per heavy atom. The second-order valence-corrected chi connectivity index (χ2v) is 9.74. The maximum Gasteiger partial charge on any atom is 0.319 e. The smallest absolute Gasteiger partial charge is 0.319 e. The number of piperidine rings is 1. The number of rotatable bonds is 2. The highest BCUT2D eigenvalue weighted by atomic mass is 16.5. The van der Waals surface area contributed by atoms with E-state index in [-0.39, 0.29) is 29.2 Å². The molecule has 0 N–H and O–H groups in total. The Morgan fingerprint density at radius 2 is 1.70 bits per heavy atom. The van der Waals surface area contributed by atoms with Crippen molar-refractivity contribution in [3.05, 3.63) is 0 Å². The van der Waals surface area contributed by atoms with E-state index in [1.165, 1.54) is 0 Å². The van der Waals surface area contributed by atoms with E-state index in [2.05, 4.69) is 0 Å². The van der Waals surface area contributed by atoms with Crippen LogP contribution in [0.1, 0.15) is 39.0 Å². The molecular weight excluding hydrogens is 384 g/mol. The average Bonchev–Trinajstić information content (AvgIpc) is 3.26. The molecule has 0 aromatic rings. The number of likely N-dealkylation sites (tertiary alicyclic amines) is 3. The number of ether oxygens (including phenoxy) is 1. The first kappa shape index (κ1) is 21.4. The lowest BCUT2D eigenvalue weighted by Crippen LogP contribution is -2.54. The summed E-state index contributed by atoms with van der Waals surface area (Å²) >= 11 is 0. The minimum Gasteiger partial charge on any atom is -0.381 e. The van der Waals surface area contributed by atoms with Crippen LogP contribution in [0.5, 0.6) is 0 Å². The van der Waals surface area contributed by atoms with Gasteiger partial charge in [0.2, 0.25) is 11.8 Å². The van der Waals surface area contributed by atoms with Gasteiger partial charge >= 0.3 is 6.03 Å². The standard InChI is InChI=1S/C22H36N4O4/c1-4-24-12-9-22(19(24)28)16-26(20(29)23(2)3)15-21(22)7-10-25(11-8-21)18(27)17-5-13-30-14-6-17/h17H,4-16H2,1-3H3/t22-/m0/s1. The third kappa shape index (κ3) is 3.27. The topological polar surface area (TPSA) is 73.4 Å². The molecule has 4 heterocycles. The van der Waals surface area contributed by atoms with Crippen LogP contribution in [0.25, 0.3) is 0 Å². The van der Waals surface area contributed by atoms with E-state index in [9.17, 15) is 14.4 Å². The molecule has 0 aliphatic carbocycles. The van der Waals surface area contributed by atoms with Gasteiger partial charge in [-0.2, -0.15) is 0 Å². The molecule has 4 amide bonds. The molecule has 4 rings (SSSR count). The van der Waals surface area contributed by atoms with Gasteiger partial charge in [0.1, 0.15) is 0 Å². The summed E-state index contributed by atoms with van der Waals surface area (Å²) in [6.07, 6.45) is 4.01. The summed E-state index contributed by atoms with van der Waals surface area (Å²) in [6, 6.07) is -0.0188. The molecule has 8 heteroatoms. The van der Waals surface area contributed by atoms with Crippen LogP contribution >= 0.6 is 0 Å². The highest BCUT2D eigenvalue weighted by molar-refractivity contribution is 5.88. The second kappa shape index (κ2) is 8.02. The van der Waals surface area contributed by atoms with E-state index in [0.29, 0.717) is 45.9 Å². The van der Waals surface area contributed by atoms with Gasteiger partial charge in [-0.25, -0.2) is 4.79 Å². The van der Waals surface area contributed by atoms with Crippen molar-refractivity contribution in [1.82, 2.24) is 19.6 Å². The molecule has 30 heavy (non-hydrogen) atoms. The van der Waals surface area contributed by atoms with Gasteiger partial charge in [-0.05, 0) is 39.0 Å². The molecule has 0 aromatic carbocycles. The fourth-order valence-corrected chi connectivity index (χ4v) is 6.26. The van der Waals surface area contributed by atoms with E-state index in [1.54, 1.807) is 19.0 Å². The molecule has 2 spiro atoms. The number of hydrogen-bond donors (Lipinski definition) is 0. The molecule has 0 unspecified atom stereocenters. The van der Waals surface area contributed by atoms with Gasteiger partial charge < -0.3 is 24.3 Å². The van der Waals surface area contributed by atoms with Gasteiger partial charge in [0.25, 0.3) is 0 Å². The Bertz CT molecular complexity index is 697. The van der Waals surface area contributed by atoms with Gasteiger partial charge in [0, 0.05) is 77.9 Å². The molecule has 0 saturated carbocycles. The van der Waals surface area contributed by atoms with Crippen molar-refractivity contribution in [2.45, 2.75) is 39.0 Å². The fourth-order valence-electron chi connectivity index (χ4n) is 6.26. The summed E-state index contributed by atoms with van der Waals surface area (Å²) in [7, 11) is 3.54. The molecule has 4 aliphatic heterocycles. The zero-order valence-electron chi connectivity index (χ0n) is 18.7. The Hall–Kier alpha value is -1.83. The third-order valence-corrected chi connectivity index (χ3v) is 8.11. The first-order valence-electron chi connectivity index (χ1n) is 11.5. The maximum absolute atomic E-state index is 13.5. The third-order valence-electron chi connectivity index (χ3n) is 8.11. The molecule has 1 atom stereocenters. The lowest BCUT2D eigenvalue weighted by Gasteiger charge is -2.47. The maximum atomic E-state index is 13.5. The minimum atomic E-state index is -0.498. The number of hydrogen-bond acceptors (Lipinski definition) is 4. The molecule has 168 valence electrons. The van der Waals surface area contributed by atoms with Crippen LogP contribution < -0.4 is 0 Å². The zero-order chi connectivity index (χ0) is 21.5. The predicted octanol–water partition coefficient (Wildman–Crippen LogP) is 1.26. The molecule has 0 aromatic heterocycles. The summed E-state index contributed by atoms with van der Waals surface area (Å²) in [4.78, 5) is 46.8. The Labute approximate surface area is 179 Å². The van der Waals surface area contributed by atoms with Crippen LogP contribution in [0.15, 0.2) is 0 Å². The molecule has 4 aliphatic rings. The van der Waals surface area contributed by atoms with Crippen molar-refractivity contribution in [3.8, 4) is 0 Å². The highest BCUT2D eigenvalue weighted by Crippen LogP contribution is 2.58. The van der Waals surface area contributed by atoms with Crippen molar-refractivity contribution in [2.24, 2.45) is 16.7 Å². The van der Waals surface area contributed by atoms with Crippen molar-refractivity contribution in [3.63, 3.8) is 0 Å². The number of nitrogens with zero attached hydrogens (tertiary/aromatic N) is 4. The Balaban J connectivity index is 1.54. The number of carbonyl (C=O) groups excluding carboxylic acids is 3. The first-order valence-corrected chi connectivity index (χ1v) is 11.5. The summed E-state index contributed by atoms with van der Waals surface area (Å²) in [5, 5.41) is 0. The largest absolute Gasteiger partial charge is 0.381 e. The summed E-state index contributed by atoms with van der Waals surface area (Å²) in [5.41, 5.74) is -0.728. The number of fused-ring (bicyclic) bond motifs is 1. The van der Waals surface area contributed by atoms with Crippen LogP contribution in [-0.4, -0.2) is 104 Å². The number of urea groups is 1. The summed E-state index contributed by atoms with van der Waals surface area (Å²) < 4.78 is 5.41. The molecular formula is C22H36N4O4.